The van der Waals surface area contributed by atoms with E-state index < -0.39 is 0 Å². The summed E-state index contributed by atoms with van der Waals surface area (Å²) in [6.07, 6.45) is 1.25. The van der Waals surface area contributed by atoms with Gasteiger partial charge in [0.05, 0.1) is 0 Å². The van der Waals surface area contributed by atoms with Crippen molar-refractivity contribution in [1.29, 1.82) is 0 Å². The predicted octanol–water partition coefficient (Wildman–Crippen LogP) is 1.08. The number of hydrogen-bond donors (Lipinski definition) is 1. The van der Waals surface area contributed by atoms with Crippen LogP contribution in [0.25, 0.3) is 0 Å². The highest BCUT2D eigenvalue weighted by atomic mass is 15.5. The van der Waals surface area contributed by atoms with Crippen LogP contribution in [0, 0.1) is 0 Å². The molecule has 17 heavy (non-hydrogen) atoms. The molecule has 3 rings (SSSR count). The van der Waals surface area contributed by atoms with Crippen molar-refractivity contribution < 1.29 is 0 Å². The number of nitrogens with zero attached hydrogens (tertiary/aromatic N) is 2. The molecule has 3 nitrogen and oxygen atoms in total. The summed E-state index contributed by atoms with van der Waals surface area (Å²) in [5, 5.41) is 2.38. The first-order chi connectivity index (χ1) is 8.33. The fraction of sp³-hybridized carbons (Fsp3) is 0.571. The van der Waals surface area contributed by atoms with Gasteiger partial charge in [0.15, 0.2) is 0 Å². The SMILES string of the molecule is CN1CCN(NCC2Cc3ccccc32)CC1. The minimum atomic E-state index is 0.728. The van der Waals surface area contributed by atoms with Crippen molar-refractivity contribution in [2.45, 2.75) is 12.3 Å². The third kappa shape index (κ3) is 2.37. The predicted molar refractivity (Wildman–Crippen MR) is 70.0 cm³/mol. The zero-order chi connectivity index (χ0) is 11.7. The summed E-state index contributed by atoms with van der Waals surface area (Å²) in [7, 11) is 2.19. The fourth-order valence-electron chi connectivity index (χ4n) is 2.75. The van der Waals surface area contributed by atoms with Crippen LogP contribution >= 0.6 is 0 Å². The number of rotatable bonds is 3. The molecular formula is C14H21N3. The molecule has 1 atom stereocenters. The summed E-state index contributed by atoms with van der Waals surface area (Å²) in [4.78, 5) is 2.39. The number of benzene rings is 1. The Morgan fingerprint density at radius 1 is 1.18 bits per heavy atom. The van der Waals surface area contributed by atoms with E-state index in [2.05, 4.69) is 46.6 Å². The Morgan fingerprint density at radius 2 is 1.94 bits per heavy atom. The van der Waals surface area contributed by atoms with E-state index in [1.165, 1.54) is 25.1 Å². The first-order valence-electron chi connectivity index (χ1n) is 6.58. The van der Waals surface area contributed by atoms with Crippen LogP contribution in [-0.2, 0) is 6.42 Å². The molecule has 1 heterocycles. The van der Waals surface area contributed by atoms with Crippen molar-refractivity contribution >= 4 is 0 Å². The molecule has 1 saturated heterocycles. The normalized spacial score (nSPS) is 25.4. The molecule has 3 heteroatoms. The van der Waals surface area contributed by atoms with Crippen molar-refractivity contribution in [3.63, 3.8) is 0 Å². The molecule has 0 radical (unpaired) electrons. The van der Waals surface area contributed by atoms with E-state index in [4.69, 9.17) is 0 Å². The molecule has 0 saturated carbocycles. The average Bonchev–Trinajstić information content (AvgIpc) is 2.33. The lowest BCUT2D eigenvalue weighted by Crippen LogP contribution is -2.52. The summed E-state index contributed by atoms with van der Waals surface area (Å²) in [5.74, 6) is 0.728. The van der Waals surface area contributed by atoms with Crippen LogP contribution in [0.2, 0.25) is 0 Å². The molecule has 1 aromatic rings. The van der Waals surface area contributed by atoms with E-state index in [0.717, 1.165) is 25.6 Å². The second-order valence-corrected chi connectivity index (χ2v) is 5.25. The summed E-state index contributed by atoms with van der Waals surface area (Å²) < 4.78 is 0. The zero-order valence-corrected chi connectivity index (χ0v) is 10.5. The quantitative estimate of drug-likeness (QED) is 0.840. The second kappa shape index (κ2) is 4.77. The monoisotopic (exact) mass is 231 g/mol. The molecule has 1 N–H and O–H groups in total. The van der Waals surface area contributed by atoms with Gasteiger partial charge >= 0.3 is 0 Å². The maximum atomic E-state index is 3.59. The van der Waals surface area contributed by atoms with Crippen LogP contribution in [0.15, 0.2) is 24.3 Å². The molecule has 0 amide bonds. The van der Waals surface area contributed by atoms with E-state index >= 15 is 0 Å². The lowest BCUT2D eigenvalue weighted by molar-refractivity contribution is 0.101. The Hall–Kier alpha value is -0.900. The molecular weight excluding hydrogens is 210 g/mol. The average molecular weight is 231 g/mol. The number of hydrazine groups is 1. The summed E-state index contributed by atoms with van der Waals surface area (Å²) >= 11 is 0. The van der Waals surface area contributed by atoms with Gasteiger partial charge in [-0.15, -0.1) is 0 Å². The summed E-state index contributed by atoms with van der Waals surface area (Å²) in [6.45, 7) is 5.74. The lowest BCUT2D eigenvalue weighted by Gasteiger charge is -2.36. The van der Waals surface area contributed by atoms with Crippen molar-refractivity contribution in [3.05, 3.63) is 35.4 Å². The van der Waals surface area contributed by atoms with Crippen LogP contribution < -0.4 is 5.43 Å². The number of piperazine rings is 1. The maximum absolute atomic E-state index is 3.59. The Balaban J connectivity index is 1.47. The van der Waals surface area contributed by atoms with Crippen molar-refractivity contribution in [1.82, 2.24) is 15.3 Å². The number of nitrogens with one attached hydrogen (secondary N) is 1. The third-order valence-electron chi connectivity index (χ3n) is 4.03. The first-order valence-corrected chi connectivity index (χ1v) is 6.58. The topological polar surface area (TPSA) is 18.5 Å². The Morgan fingerprint density at radius 3 is 2.71 bits per heavy atom. The van der Waals surface area contributed by atoms with Gasteiger partial charge in [-0.2, -0.15) is 0 Å². The van der Waals surface area contributed by atoms with Gasteiger partial charge in [-0.25, -0.2) is 5.01 Å². The standard InChI is InChI=1S/C14H21N3/c1-16-6-8-17(9-7-16)15-11-13-10-12-4-2-3-5-14(12)13/h2-5,13,15H,6-11H2,1H3. The highest BCUT2D eigenvalue weighted by molar-refractivity contribution is 5.40. The van der Waals surface area contributed by atoms with Crippen LogP contribution in [0.3, 0.4) is 0 Å². The minimum absolute atomic E-state index is 0.728. The molecule has 0 bridgehead atoms. The minimum Gasteiger partial charge on any atom is -0.304 e. The van der Waals surface area contributed by atoms with Gasteiger partial charge in [0, 0.05) is 38.6 Å². The van der Waals surface area contributed by atoms with Crippen LogP contribution in [-0.4, -0.2) is 49.7 Å². The smallest absolute Gasteiger partial charge is 0.0259 e. The molecule has 0 aromatic heterocycles. The van der Waals surface area contributed by atoms with Crippen molar-refractivity contribution in [2.24, 2.45) is 0 Å². The van der Waals surface area contributed by atoms with Gasteiger partial charge in [0.1, 0.15) is 0 Å². The van der Waals surface area contributed by atoms with Crippen LogP contribution in [0.1, 0.15) is 17.0 Å². The Kier molecular flexibility index (Phi) is 3.14. The molecule has 1 unspecified atom stereocenters. The zero-order valence-electron chi connectivity index (χ0n) is 10.5. The van der Waals surface area contributed by atoms with Crippen molar-refractivity contribution in [3.8, 4) is 0 Å². The van der Waals surface area contributed by atoms with E-state index in [1.54, 1.807) is 5.56 Å². The van der Waals surface area contributed by atoms with E-state index in [0.29, 0.717) is 0 Å². The third-order valence-corrected chi connectivity index (χ3v) is 4.03. The number of likely N-dealkylation sites (N-methyl/N-ethyl adjacent to an activating group) is 1. The van der Waals surface area contributed by atoms with Crippen molar-refractivity contribution in [2.75, 3.05) is 39.8 Å². The van der Waals surface area contributed by atoms with Crippen LogP contribution in [0.5, 0.6) is 0 Å². The molecule has 1 aliphatic carbocycles. The summed E-state index contributed by atoms with van der Waals surface area (Å²) in [6, 6.07) is 8.82. The molecule has 1 aliphatic heterocycles. The van der Waals surface area contributed by atoms with Gasteiger partial charge < -0.3 is 4.90 Å². The first kappa shape index (κ1) is 11.2. The summed E-state index contributed by atoms with van der Waals surface area (Å²) in [5.41, 5.74) is 6.68. The highest BCUT2D eigenvalue weighted by Crippen LogP contribution is 2.33. The van der Waals surface area contributed by atoms with Gasteiger partial charge in [0.2, 0.25) is 0 Å². The van der Waals surface area contributed by atoms with Gasteiger partial charge in [-0.05, 0) is 24.6 Å². The molecule has 1 fully saturated rings. The highest BCUT2D eigenvalue weighted by Gasteiger charge is 2.25. The largest absolute Gasteiger partial charge is 0.304 e. The molecule has 0 spiro atoms. The Bertz CT molecular complexity index is 383. The van der Waals surface area contributed by atoms with E-state index in [9.17, 15) is 0 Å². The molecule has 2 aliphatic rings. The second-order valence-electron chi connectivity index (χ2n) is 5.25. The molecule has 92 valence electrons. The fourth-order valence-corrected chi connectivity index (χ4v) is 2.75. The Labute approximate surface area is 103 Å². The van der Waals surface area contributed by atoms with Gasteiger partial charge in [-0.3, -0.25) is 5.43 Å². The number of fused-ring (bicyclic) bond motifs is 1. The van der Waals surface area contributed by atoms with E-state index in [1.807, 2.05) is 0 Å². The lowest BCUT2D eigenvalue weighted by atomic mass is 9.78. The van der Waals surface area contributed by atoms with E-state index in [-0.39, 0.29) is 0 Å². The van der Waals surface area contributed by atoms with Gasteiger partial charge in [0.25, 0.3) is 0 Å². The van der Waals surface area contributed by atoms with Gasteiger partial charge in [-0.1, -0.05) is 24.3 Å². The van der Waals surface area contributed by atoms with Crippen LogP contribution in [0.4, 0.5) is 0 Å². The molecule has 1 aromatic carbocycles. The maximum Gasteiger partial charge on any atom is 0.0259 e. The number of hydrogen-bond acceptors (Lipinski definition) is 3.